The lowest BCUT2D eigenvalue weighted by atomic mass is 10.2. The first-order valence-electron chi connectivity index (χ1n) is 5.70. The third-order valence-corrected chi connectivity index (χ3v) is 2.46. The van der Waals surface area contributed by atoms with Crippen LogP contribution in [0.15, 0.2) is 24.3 Å². The molecule has 0 spiro atoms. The van der Waals surface area contributed by atoms with Crippen LogP contribution in [0.25, 0.3) is 0 Å². The van der Waals surface area contributed by atoms with E-state index in [1.807, 2.05) is 18.2 Å². The fourth-order valence-electron chi connectivity index (χ4n) is 1.57. The molecule has 0 unspecified atom stereocenters. The smallest absolute Gasteiger partial charge is 0.123 e. The summed E-state index contributed by atoms with van der Waals surface area (Å²) >= 11 is 0. The molecule has 3 nitrogen and oxygen atoms in total. The highest BCUT2D eigenvalue weighted by molar-refractivity contribution is 5.32. The maximum absolute atomic E-state index is 5.28. The van der Waals surface area contributed by atoms with Gasteiger partial charge in [0.15, 0.2) is 0 Å². The highest BCUT2D eigenvalue weighted by Crippen LogP contribution is 2.16. The van der Waals surface area contributed by atoms with Gasteiger partial charge in [-0.1, -0.05) is 18.2 Å². The van der Waals surface area contributed by atoms with Gasteiger partial charge in [-0.05, 0) is 25.5 Å². The minimum absolute atomic E-state index is 0.844. The van der Waals surface area contributed by atoms with E-state index in [0.29, 0.717) is 0 Å². The lowest BCUT2D eigenvalue weighted by Gasteiger charge is -2.09. The van der Waals surface area contributed by atoms with E-state index in [9.17, 15) is 0 Å². The highest BCUT2D eigenvalue weighted by atomic mass is 16.5. The summed E-state index contributed by atoms with van der Waals surface area (Å²) in [6.07, 6.45) is 2.25. The molecule has 1 aromatic carbocycles. The van der Waals surface area contributed by atoms with Crippen LogP contribution < -0.4 is 10.1 Å². The summed E-state index contributed by atoms with van der Waals surface area (Å²) in [7, 11) is 3.44. The molecule has 0 aliphatic carbocycles. The monoisotopic (exact) mass is 223 g/mol. The number of nitrogens with one attached hydrogen (secondary N) is 1. The SMILES string of the molecule is COCCCCNCc1ccccc1OC. The molecule has 1 aromatic rings. The number of ether oxygens (including phenoxy) is 2. The zero-order valence-electron chi connectivity index (χ0n) is 10.2. The fourth-order valence-corrected chi connectivity index (χ4v) is 1.57. The largest absolute Gasteiger partial charge is 0.496 e. The summed E-state index contributed by atoms with van der Waals surface area (Å²) in [6, 6.07) is 8.09. The molecule has 0 bridgehead atoms. The van der Waals surface area contributed by atoms with Crippen LogP contribution in [0.1, 0.15) is 18.4 Å². The van der Waals surface area contributed by atoms with Crippen molar-refractivity contribution in [2.45, 2.75) is 19.4 Å². The van der Waals surface area contributed by atoms with Crippen LogP contribution in [0.2, 0.25) is 0 Å². The molecule has 0 heterocycles. The molecule has 90 valence electrons. The summed E-state index contributed by atoms with van der Waals surface area (Å²) in [4.78, 5) is 0. The Morgan fingerprint density at radius 1 is 1.12 bits per heavy atom. The predicted molar refractivity (Wildman–Crippen MR) is 65.8 cm³/mol. The van der Waals surface area contributed by atoms with E-state index < -0.39 is 0 Å². The Balaban J connectivity index is 2.21. The first-order valence-corrected chi connectivity index (χ1v) is 5.70. The number of hydrogen-bond donors (Lipinski definition) is 1. The lowest BCUT2D eigenvalue weighted by Crippen LogP contribution is -2.15. The molecule has 0 saturated carbocycles. The average Bonchev–Trinajstić information content (AvgIpc) is 2.34. The predicted octanol–water partition coefficient (Wildman–Crippen LogP) is 2.21. The quantitative estimate of drug-likeness (QED) is 0.685. The summed E-state index contributed by atoms with van der Waals surface area (Å²) < 4.78 is 10.3. The van der Waals surface area contributed by atoms with Gasteiger partial charge in [0.1, 0.15) is 5.75 Å². The normalized spacial score (nSPS) is 10.4. The number of hydrogen-bond acceptors (Lipinski definition) is 3. The summed E-state index contributed by atoms with van der Waals surface area (Å²) in [5.74, 6) is 0.951. The van der Waals surface area contributed by atoms with Crippen molar-refractivity contribution in [2.24, 2.45) is 0 Å². The van der Waals surface area contributed by atoms with Crippen LogP contribution in [0.3, 0.4) is 0 Å². The average molecular weight is 223 g/mol. The van der Waals surface area contributed by atoms with Gasteiger partial charge < -0.3 is 14.8 Å². The van der Waals surface area contributed by atoms with Crippen LogP contribution in [0, 0.1) is 0 Å². The molecule has 1 N–H and O–H groups in total. The zero-order valence-corrected chi connectivity index (χ0v) is 10.2. The minimum atomic E-state index is 0.844. The second-order valence-electron chi connectivity index (χ2n) is 3.69. The molecule has 0 aliphatic heterocycles. The Morgan fingerprint density at radius 3 is 2.69 bits per heavy atom. The first kappa shape index (κ1) is 13.0. The van der Waals surface area contributed by atoms with Crippen molar-refractivity contribution >= 4 is 0 Å². The van der Waals surface area contributed by atoms with Crippen molar-refractivity contribution in [3.63, 3.8) is 0 Å². The molecular formula is C13H21NO2. The van der Waals surface area contributed by atoms with Gasteiger partial charge >= 0.3 is 0 Å². The second kappa shape index (κ2) is 8.13. The van der Waals surface area contributed by atoms with Crippen molar-refractivity contribution < 1.29 is 9.47 Å². The van der Waals surface area contributed by atoms with E-state index in [0.717, 1.165) is 38.3 Å². The Kier molecular flexibility index (Phi) is 6.61. The van der Waals surface area contributed by atoms with Gasteiger partial charge in [0.05, 0.1) is 7.11 Å². The van der Waals surface area contributed by atoms with Crippen LogP contribution in [-0.2, 0) is 11.3 Å². The Morgan fingerprint density at radius 2 is 1.94 bits per heavy atom. The van der Waals surface area contributed by atoms with Crippen LogP contribution >= 0.6 is 0 Å². The van der Waals surface area contributed by atoms with Crippen molar-refractivity contribution in [1.82, 2.24) is 5.32 Å². The second-order valence-corrected chi connectivity index (χ2v) is 3.69. The lowest BCUT2D eigenvalue weighted by molar-refractivity contribution is 0.192. The van der Waals surface area contributed by atoms with Crippen LogP contribution in [-0.4, -0.2) is 27.4 Å². The third kappa shape index (κ3) is 4.64. The van der Waals surface area contributed by atoms with Crippen molar-refractivity contribution in [3.8, 4) is 5.75 Å². The van der Waals surface area contributed by atoms with Gasteiger partial charge in [0, 0.05) is 25.8 Å². The molecule has 3 heteroatoms. The molecular weight excluding hydrogens is 202 g/mol. The molecule has 0 aromatic heterocycles. The van der Waals surface area contributed by atoms with Gasteiger partial charge in [-0.3, -0.25) is 0 Å². The molecule has 0 atom stereocenters. The van der Waals surface area contributed by atoms with E-state index in [4.69, 9.17) is 9.47 Å². The topological polar surface area (TPSA) is 30.5 Å². The van der Waals surface area contributed by atoms with Crippen LogP contribution in [0.5, 0.6) is 5.75 Å². The van der Waals surface area contributed by atoms with Gasteiger partial charge in [-0.25, -0.2) is 0 Å². The number of unbranched alkanes of at least 4 members (excludes halogenated alkanes) is 1. The fraction of sp³-hybridized carbons (Fsp3) is 0.538. The maximum atomic E-state index is 5.28. The van der Waals surface area contributed by atoms with Crippen molar-refractivity contribution in [1.29, 1.82) is 0 Å². The Bertz CT molecular complexity index is 289. The molecule has 0 fully saturated rings. The Hall–Kier alpha value is -1.06. The number of benzene rings is 1. The highest BCUT2D eigenvalue weighted by Gasteiger charge is 1.99. The van der Waals surface area contributed by atoms with E-state index in [2.05, 4.69) is 11.4 Å². The standard InChI is InChI=1S/C13H21NO2/c1-15-10-6-5-9-14-11-12-7-3-4-8-13(12)16-2/h3-4,7-8,14H,5-6,9-11H2,1-2H3. The first-order chi connectivity index (χ1) is 7.88. The number of para-hydroxylation sites is 1. The summed E-state index contributed by atoms with van der Waals surface area (Å²) in [6.45, 7) is 2.72. The Labute approximate surface area is 97.8 Å². The van der Waals surface area contributed by atoms with Gasteiger partial charge in [0.25, 0.3) is 0 Å². The summed E-state index contributed by atoms with van der Waals surface area (Å²) in [5, 5.41) is 3.40. The molecule has 1 rings (SSSR count). The minimum Gasteiger partial charge on any atom is -0.496 e. The third-order valence-electron chi connectivity index (χ3n) is 2.46. The number of rotatable bonds is 8. The van der Waals surface area contributed by atoms with E-state index in [1.54, 1.807) is 14.2 Å². The van der Waals surface area contributed by atoms with Crippen LogP contribution in [0.4, 0.5) is 0 Å². The van der Waals surface area contributed by atoms with E-state index in [1.165, 1.54) is 5.56 Å². The molecule has 0 radical (unpaired) electrons. The molecule has 0 saturated heterocycles. The molecule has 0 aliphatic rings. The van der Waals surface area contributed by atoms with Crippen molar-refractivity contribution in [2.75, 3.05) is 27.4 Å². The summed E-state index contributed by atoms with van der Waals surface area (Å²) in [5.41, 5.74) is 1.21. The molecule has 0 amide bonds. The van der Waals surface area contributed by atoms with Gasteiger partial charge in [0.2, 0.25) is 0 Å². The maximum Gasteiger partial charge on any atom is 0.123 e. The van der Waals surface area contributed by atoms with E-state index >= 15 is 0 Å². The van der Waals surface area contributed by atoms with Gasteiger partial charge in [-0.15, -0.1) is 0 Å². The van der Waals surface area contributed by atoms with E-state index in [-0.39, 0.29) is 0 Å². The molecule has 16 heavy (non-hydrogen) atoms. The number of methoxy groups -OCH3 is 2. The van der Waals surface area contributed by atoms with Gasteiger partial charge in [-0.2, -0.15) is 0 Å². The zero-order chi connectivity index (χ0) is 11.6. The van der Waals surface area contributed by atoms with Crippen molar-refractivity contribution in [3.05, 3.63) is 29.8 Å².